The van der Waals surface area contributed by atoms with Gasteiger partial charge < -0.3 is 0 Å². The first kappa shape index (κ1) is 14.1. The highest BCUT2D eigenvalue weighted by Crippen LogP contribution is 2.24. The van der Waals surface area contributed by atoms with Crippen LogP contribution in [0, 0.1) is 5.82 Å². The van der Waals surface area contributed by atoms with E-state index in [-0.39, 0.29) is 10.8 Å². The Balaban J connectivity index is 2.03. The first-order valence-electron chi connectivity index (χ1n) is 6.44. The minimum atomic E-state index is -0.351. The molecular weight excluding hydrogens is 272 g/mol. The second kappa shape index (κ2) is 6.74. The third kappa shape index (κ3) is 3.59. The van der Waals surface area contributed by atoms with Gasteiger partial charge in [0.15, 0.2) is 0 Å². The van der Waals surface area contributed by atoms with E-state index in [1.807, 2.05) is 6.07 Å². The zero-order valence-electron chi connectivity index (χ0n) is 10.3. The summed E-state index contributed by atoms with van der Waals surface area (Å²) in [5.74, 6) is 0.349. The Morgan fingerprint density at radius 2 is 2.17 bits per heavy atom. The Bertz CT molecular complexity index is 395. The zero-order valence-corrected chi connectivity index (χ0v) is 11.9. The molecule has 1 atom stereocenters. The molecule has 1 aliphatic rings. The van der Waals surface area contributed by atoms with Gasteiger partial charge in [0, 0.05) is 18.5 Å². The van der Waals surface area contributed by atoms with E-state index in [1.54, 1.807) is 6.07 Å². The summed E-state index contributed by atoms with van der Waals surface area (Å²) < 4.78 is 13.1. The Labute approximate surface area is 118 Å². The van der Waals surface area contributed by atoms with Crippen LogP contribution in [-0.4, -0.2) is 23.4 Å². The number of likely N-dealkylation sites (tertiary alicyclic amines) is 1. The lowest BCUT2D eigenvalue weighted by Gasteiger charge is -2.35. The molecular formula is C14H18Cl2FN. The average Bonchev–Trinajstić information content (AvgIpc) is 2.37. The summed E-state index contributed by atoms with van der Waals surface area (Å²) >= 11 is 11.7. The SMILES string of the molecule is Fc1ccc(CN2CCCCC2CCCl)cc1Cl. The third-order valence-corrected chi connectivity index (χ3v) is 4.07. The number of alkyl halides is 1. The number of piperidine rings is 1. The molecule has 0 radical (unpaired) electrons. The van der Waals surface area contributed by atoms with E-state index in [0.717, 1.165) is 25.1 Å². The van der Waals surface area contributed by atoms with Gasteiger partial charge in [-0.15, -0.1) is 11.6 Å². The van der Waals surface area contributed by atoms with E-state index >= 15 is 0 Å². The summed E-state index contributed by atoms with van der Waals surface area (Å²) in [5, 5.41) is 0.207. The number of hydrogen-bond acceptors (Lipinski definition) is 1. The van der Waals surface area contributed by atoms with Crippen molar-refractivity contribution in [2.24, 2.45) is 0 Å². The van der Waals surface area contributed by atoms with Crippen molar-refractivity contribution >= 4 is 23.2 Å². The molecule has 2 rings (SSSR count). The fraction of sp³-hybridized carbons (Fsp3) is 0.571. The molecule has 1 aromatic rings. The molecule has 100 valence electrons. The van der Waals surface area contributed by atoms with Gasteiger partial charge in [0.1, 0.15) is 5.82 Å². The van der Waals surface area contributed by atoms with E-state index < -0.39 is 0 Å². The minimum absolute atomic E-state index is 0.207. The van der Waals surface area contributed by atoms with Gasteiger partial charge in [-0.25, -0.2) is 4.39 Å². The molecule has 1 heterocycles. The van der Waals surface area contributed by atoms with Crippen molar-refractivity contribution in [3.8, 4) is 0 Å². The van der Waals surface area contributed by atoms with Crippen molar-refractivity contribution in [3.63, 3.8) is 0 Å². The maximum atomic E-state index is 13.1. The smallest absolute Gasteiger partial charge is 0.141 e. The maximum Gasteiger partial charge on any atom is 0.141 e. The van der Waals surface area contributed by atoms with Gasteiger partial charge in [-0.3, -0.25) is 4.90 Å². The van der Waals surface area contributed by atoms with Crippen LogP contribution in [0.15, 0.2) is 18.2 Å². The largest absolute Gasteiger partial charge is 0.296 e. The Kier molecular flexibility index (Phi) is 5.28. The van der Waals surface area contributed by atoms with Crippen LogP contribution in [-0.2, 0) is 6.54 Å². The number of benzene rings is 1. The molecule has 1 saturated heterocycles. The molecule has 0 bridgehead atoms. The van der Waals surface area contributed by atoms with Crippen molar-refractivity contribution in [2.75, 3.05) is 12.4 Å². The van der Waals surface area contributed by atoms with Crippen molar-refractivity contribution in [1.82, 2.24) is 4.90 Å². The van der Waals surface area contributed by atoms with Gasteiger partial charge in [-0.05, 0) is 43.5 Å². The molecule has 0 N–H and O–H groups in total. The molecule has 4 heteroatoms. The van der Waals surface area contributed by atoms with Gasteiger partial charge >= 0.3 is 0 Å². The first-order valence-corrected chi connectivity index (χ1v) is 7.36. The predicted molar refractivity (Wildman–Crippen MR) is 74.8 cm³/mol. The molecule has 0 spiro atoms. The van der Waals surface area contributed by atoms with Crippen LogP contribution in [0.2, 0.25) is 5.02 Å². The molecule has 18 heavy (non-hydrogen) atoms. The van der Waals surface area contributed by atoms with Gasteiger partial charge in [0.25, 0.3) is 0 Å². The molecule has 0 aromatic heterocycles. The van der Waals surface area contributed by atoms with E-state index in [2.05, 4.69) is 4.90 Å². The highest BCUT2D eigenvalue weighted by atomic mass is 35.5. The number of nitrogens with zero attached hydrogens (tertiary/aromatic N) is 1. The summed E-state index contributed by atoms with van der Waals surface area (Å²) in [5.41, 5.74) is 1.07. The van der Waals surface area contributed by atoms with Crippen LogP contribution in [0.1, 0.15) is 31.2 Å². The van der Waals surface area contributed by atoms with E-state index in [4.69, 9.17) is 23.2 Å². The molecule has 0 amide bonds. The highest BCUT2D eigenvalue weighted by Gasteiger charge is 2.21. The van der Waals surface area contributed by atoms with E-state index in [9.17, 15) is 4.39 Å². The average molecular weight is 290 g/mol. The second-order valence-electron chi connectivity index (χ2n) is 4.85. The molecule has 0 aliphatic carbocycles. The van der Waals surface area contributed by atoms with Crippen LogP contribution < -0.4 is 0 Å². The molecule has 1 nitrogen and oxygen atoms in total. The lowest BCUT2D eigenvalue weighted by atomic mass is 9.99. The summed E-state index contributed by atoms with van der Waals surface area (Å²) in [4.78, 5) is 2.44. The van der Waals surface area contributed by atoms with Crippen molar-refractivity contribution < 1.29 is 4.39 Å². The Morgan fingerprint density at radius 3 is 2.89 bits per heavy atom. The van der Waals surface area contributed by atoms with Crippen LogP contribution in [0.25, 0.3) is 0 Å². The lowest BCUT2D eigenvalue weighted by Crippen LogP contribution is -2.39. The van der Waals surface area contributed by atoms with E-state index in [0.29, 0.717) is 11.9 Å². The number of halogens is 3. The molecule has 1 aliphatic heterocycles. The Hall–Kier alpha value is -0.310. The van der Waals surface area contributed by atoms with Crippen molar-refractivity contribution in [3.05, 3.63) is 34.6 Å². The summed E-state index contributed by atoms with van der Waals surface area (Å²) in [7, 11) is 0. The summed E-state index contributed by atoms with van der Waals surface area (Å²) in [6.45, 7) is 1.93. The van der Waals surface area contributed by atoms with Gasteiger partial charge in [-0.1, -0.05) is 24.1 Å². The van der Waals surface area contributed by atoms with Crippen LogP contribution in [0.5, 0.6) is 0 Å². The summed E-state index contributed by atoms with van der Waals surface area (Å²) in [6, 6.07) is 5.54. The third-order valence-electron chi connectivity index (χ3n) is 3.56. The number of rotatable bonds is 4. The van der Waals surface area contributed by atoms with Crippen molar-refractivity contribution in [2.45, 2.75) is 38.3 Å². The minimum Gasteiger partial charge on any atom is -0.296 e. The van der Waals surface area contributed by atoms with Gasteiger partial charge in [0.05, 0.1) is 5.02 Å². The lowest BCUT2D eigenvalue weighted by molar-refractivity contribution is 0.137. The highest BCUT2D eigenvalue weighted by molar-refractivity contribution is 6.30. The maximum absolute atomic E-state index is 13.1. The quantitative estimate of drug-likeness (QED) is 0.740. The van der Waals surface area contributed by atoms with Crippen LogP contribution >= 0.6 is 23.2 Å². The zero-order chi connectivity index (χ0) is 13.0. The fourth-order valence-electron chi connectivity index (χ4n) is 2.59. The van der Waals surface area contributed by atoms with Gasteiger partial charge in [-0.2, -0.15) is 0 Å². The summed E-state index contributed by atoms with van der Waals surface area (Å²) in [6.07, 6.45) is 4.74. The normalized spacial score (nSPS) is 21.2. The standard InChI is InChI=1S/C14H18Cl2FN/c15-7-6-12-3-1-2-8-18(12)10-11-4-5-14(17)13(16)9-11/h4-5,9,12H,1-3,6-8,10H2. The van der Waals surface area contributed by atoms with Crippen molar-refractivity contribution in [1.29, 1.82) is 0 Å². The van der Waals surface area contributed by atoms with Crippen LogP contribution in [0.4, 0.5) is 4.39 Å². The molecule has 0 saturated carbocycles. The van der Waals surface area contributed by atoms with Crippen LogP contribution in [0.3, 0.4) is 0 Å². The number of hydrogen-bond donors (Lipinski definition) is 0. The van der Waals surface area contributed by atoms with Gasteiger partial charge in [0.2, 0.25) is 0 Å². The second-order valence-corrected chi connectivity index (χ2v) is 5.63. The molecule has 1 aromatic carbocycles. The Morgan fingerprint density at radius 1 is 1.33 bits per heavy atom. The molecule has 1 unspecified atom stereocenters. The topological polar surface area (TPSA) is 3.24 Å². The first-order chi connectivity index (χ1) is 8.70. The van der Waals surface area contributed by atoms with E-state index in [1.165, 1.54) is 25.3 Å². The fourth-order valence-corrected chi connectivity index (χ4v) is 3.05. The predicted octanol–water partition coefficient (Wildman–Crippen LogP) is 4.46. The monoisotopic (exact) mass is 289 g/mol. The molecule has 1 fully saturated rings.